The molecule has 1 aromatic carbocycles. The molecule has 92 valence electrons. The molecule has 1 aliphatic carbocycles. The Balaban J connectivity index is 2.18. The molecule has 2 rings (SSSR count). The van der Waals surface area contributed by atoms with E-state index in [1.807, 2.05) is 31.2 Å². The van der Waals surface area contributed by atoms with Crippen molar-refractivity contribution in [3.8, 4) is 5.75 Å². The largest absolute Gasteiger partial charge is 0.497 e. The summed E-state index contributed by atoms with van der Waals surface area (Å²) in [4.78, 5) is 22.5. The van der Waals surface area contributed by atoms with Crippen molar-refractivity contribution in [1.29, 1.82) is 0 Å². The van der Waals surface area contributed by atoms with E-state index in [4.69, 9.17) is 4.74 Å². The molecule has 0 aromatic heterocycles. The van der Waals surface area contributed by atoms with E-state index >= 15 is 0 Å². The number of allylic oxidation sites excluding steroid dienone is 4. The number of ether oxygens (including phenoxy) is 1. The molecular weight excluding hydrogens is 228 g/mol. The first-order valence-electron chi connectivity index (χ1n) is 5.70. The number of methoxy groups -OCH3 is 1. The van der Waals surface area contributed by atoms with Gasteiger partial charge in [-0.3, -0.25) is 9.59 Å². The summed E-state index contributed by atoms with van der Waals surface area (Å²) in [5.74, 6) is -0.0787. The molecule has 3 heteroatoms. The van der Waals surface area contributed by atoms with Gasteiger partial charge in [0.25, 0.3) is 0 Å². The summed E-state index contributed by atoms with van der Waals surface area (Å²) in [7, 11) is 1.62. The van der Waals surface area contributed by atoms with E-state index in [-0.39, 0.29) is 0 Å². The Labute approximate surface area is 106 Å². The number of hydrogen-bond donors (Lipinski definition) is 0. The SMILES string of the molecule is COc1ccc(CC2=CC(=O)C(=O)C=C2C)cc1. The van der Waals surface area contributed by atoms with E-state index in [1.54, 1.807) is 7.11 Å². The molecule has 1 aliphatic rings. The van der Waals surface area contributed by atoms with Gasteiger partial charge in [-0.05, 0) is 54.3 Å². The third kappa shape index (κ3) is 2.56. The van der Waals surface area contributed by atoms with Gasteiger partial charge in [0.05, 0.1) is 7.11 Å². The van der Waals surface area contributed by atoms with Crippen molar-refractivity contribution >= 4 is 11.6 Å². The summed E-state index contributed by atoms with van der Waals surface area (Å²) >= 11 is 0. The summed E-state index contributed by atoms with van der Waals surface area (Å²) < 4.78 is 5.09. The van der Waals surface area contributed by atoms with Gasteiger partial charge in [-0.1, -0.05) is 12.1 Å². The van der Waals surface area contributed by atoms with Gasteiger partial charge in [0.2, 0.25) is 11.6 Å². The van der Waals surface area contributed by atoms with E-state index in [0.29, 0.717) is 6.42 Å². The number of ketones is 2. The molecule has 0 aliphatic heterocycles. The second-order valence-electron chi connectivity index (χ2n) is 4.25. The Kier molecular flexibility index (Phi) is 3.42. The van der Waals surface area contributed by atoms with Gasteiger partial charge in [-0.2, -0.15) is 0 Å². The molecule has 0 amide bonds. The summed E-state index contributed by atoms with van der Waals surface area (Å²) in [6, 6.07) is 7.66. The van der Waals surface area contributed by atoms with E-state index < -0.39 is 11.6 Å². The predicted molar refractivity (Wildman–Crippen MR) is 68.6 cm³/mol. The van der Waals surface area contributed by atoms with Gasteiger partial charge in [0.1, 0.15) is 5.75 Å². The minimum absolute atomic E-state index is 0.439. The van der Waals surface area contributed by atoms with Gasteiger partial charge in [-0.25, -0.2) is 0 Å². The number of rotatable bonds is 3. The van der Waals surface area contributed by atoms with E-state index in [0.717, 1.165) is 22.5 Å². The van der Waals surface area contributed by atoms with Crippen LogP contribution in [0.25, 0.3) is 0 Å². The molecule has 18 heavy (non-hydrogen) atoms. The maximum atomic E-state index is 11.4. The first kappa shape index (κ1) is 12.3. The number of carbonyl (C=O) groups is 2. The topological polar surface area (TPSA) is 43.4 Å². The normalized spacial score (nSPS) is 15.2. The zero-order valence-corrected chi connectivity index (χ0v) is 10.4. The fourth-order valence-electron chi connectivity index (χ4n) is 1.86. The van der Waals surface area contributed by atoms with Crippen molar-refractivity contribution in [2.75, 3.05) is 7.11 Å². The van der Waals surface area contributed by atoms with Gasteiger partial charge in [0, 0.05) is 0 Å². The van der Waals surface area contributed by atoms with Crippen LogP contribution in [-0.4, -0.2) is 18.7 Å². The van der Waals surface area contributed by atoms with Gasteiger partial charge in [0.15, 0.2) is 0 Å². The van der Waals surface area contributed by atoms with Crippen molar-refractivity contribution in [3.05, 3.63) is 53.1 Å². The first-order valence-corrected chi connectivity index (χ1v) is 5.70. The van der Waals surface area contributed by atoms with Crippen LogP contribution in [0.15, 0.2) is 47.6 Å². The molecule has 0 saturated carbocycles. The fraction of sp³-hybridized carbons (Fsp3) is 0.200. The lowest BCUT2D eigenvalue weighted by molar-refractivity contribution is -0.131. The average Bonchev–Trinajstić information content (AvgIpc) is 2.37. The van der Waals surface area contributed by atoms with Crippen LogP contribution in [0, 0.1) is 0 Å². The lowest BCUT2D eigenvalue weighted by Crippen LogP contribution is -2.14. The van der Waals surface area contributed by atoms with E-state index in [9.17, 15) is 9.59 Å². The van der Waals surface area contributed by atoms with Crippen LogP contribution in [-0.2, 0) is 16.0 Å². The van der Waals surface area contributed by atoms with Crippen LogP contribution in [0.4, 0.5) is 0 Å². The molecule has 0 bridgehead atoms. The lowest BCUT2D eigenvalue weighted by atomic mass is 9.92. The molecule has 1 aromatic rings. The molecule has 0 atom stereocenters. The van der Waals surface area contributed by atoms with E-state index in [1.165, 1.54) is 12.2 Å². The molecular formula is C15H14O3. The molecule has 0 radical (unpaired) electrons. The summed E-state index contributed by atoms with van der Waals surface area (Å²) in [6.45, 7) is 1.85. The van der Waals surface area contributed by atoms with Crippen molar-refractivity contribution < 1.29 is 14.3 Å². The molecule has 0 fully saturated rings. The zero-order chi connectivity index (χ0) is 13.1. The molecule has 0 N–H and O–H groups in total. The van der Waals surface area contributed by atoms with Gasteiger partial charge < -0.3 is 4.74 Å². The zero-order valence-electron chi connectivity index (χ0n) is 10.4. The van der Waals surface area contributed by atoms with Crippen molar-refractivity contribution in [2.24, 2.45) is 0 Å². The number of carbonyl (C=O) groups excluding carboxylic acids is 2. The van der Waals surface area contributed by atoms with Crippen LogP contribution < -0.4 is 4.74 Å². The maximum Gasteiger partial charge on any atom is 0.226 e. The number of hydrogen-bond acceptors (Lipinski definition) is 3. The fourth-order valence-corrected chi connectivity index (χ4v) is 1.86. The number of benzene rings is 1. The quantitative estimate of drug-likeness (QED) is 0.603. The average molecular weight is 242 g/mol. The standard InChI is InChI=1S/C15H14O3/c1-10-7-14(16)15(17)9-12(10)8-11-3-5-13(18-2)6-4-11/h3-7,9H,8H2,1-2H3. The molecule has 0 heterocycles. The minimum atomic E-state index is -0.441. The second kappa shape index (κ2) is 5.00. The third-order valence-electron chi connectivity index (χ3n) is 2.96. The van der Waals surface area contributed by atoms with Crippen molar-refractivity contribution in [2.45, 2.75) is 13.3 Å². The van der Waals surface area contributed by atoms with Crippen molar-refractivity contribution in [3.63, 3.8) is 0 Å². The maximum absolute atomic E-state index is 11.4. The van der Waals surface area contributed by atoms with Crippen LogP contribution in [0.1, 0.15) is 12.5 Å². The van der Waals surface area contributed by atoms with Crippen LogP contribution in [0.2, 0.25) is 0 Å². The Morgan fingerprint density at radius 1 is 1.00 bits per heavy atom. The summed E-state index contributed by atoms with van der Waals surface area (Å²) in [5, 5.41) is 0. The highest BCUT2D eigenvalue weighted by Gasteiger charge is 2.17. The van der Waals surface area contributed by atoms with E-state index in [2.05, 4.69) is 0 Å². The Morgan fingerprint density at radius 3 is 2.22 bits per heavy atom. The summed E-state index contributed by atoms with van der Waals surface area (Å²) in [6.07, 6.45) is 3.48. The summed E-state index contributed by atoms with van der Waals surface area (Å²) in [5.41, 5.74) is 2.83. The van der Waals surface area contributed by atoms with Gasteiger partial charge in [-0.15, -0.1) is 0 Å². The first-order chi connectivity index (χ1) is 8.60. The van der Waals surface area contributed by atoms with Crippen LogP contribution in [0.3, 0.4) is 0 Å². The third-order valence-corrected chi connectivity index (χ3v) is 2.96. The Hall–Kier alpha value is -2.16. The van der Waals surface area contributed by atoms with Gasteiger partial charge >= 0.3 is 0 Å². The molecule has 3 nitrogen and oxygen atoms in total. The Bertz CT molecular complexity index is 548. The minimum Gasteiger partial charge on any atom is -0.497 e. The highest BCUT2D eigenvalue weighted by atomic mass is 16.5. The molecule has 0 unspecified atom stereocenters. The lowest BCUT2D eigenvalue weighted by Gasteiger charge is -2.11. The highest BCUT2D eigenvalue weighted by molar-refractivity contribution is 6.46. The second-order valence-corrected chi connectivity index (χ2v) is 4.25. The Morgan fingerprint density at radius 2 is 1.61 bits per heavy atom. The highest BCUT2D eigenvalue weighted by Crippen LogP contribution is 2.21. The predicted octanol–water partition coefficient (Wildman–Crippen LogP) is 2.26. The molecule has 0 saturated heterocycles. The smallest absolute Gasteiger partial charge is 0.226 e. The van der Waals surface area contributed by atoms with Crippen LogP contribution >= 0.6 is 0 Å². The molecule has 0 spiro atoms. The van der Waals surface area contributed by atoms with Crippen molar-refractivity contribution in [1.82, 2.24) is 0 Å². The monoisotopic (exact) mass is 242 g/mol. The van der Waals surface area contributed by atoms with Crippen LogP contribution in [0.5, 0.6) is 5.75 Å².